The first-order valence-corrected chi connectivity index (χ1v) is 6.44. The molecule has 0 aliphatic rings. The number of thiophene rings is 1. The number of rotatable bonds is 3. The lowest BCUT2D eigenvalue weighted by atomic mass is 9.98. The molecule has 0 aliphatic heterocycles. The molecule has 2 heterocycles. The van der Waals surface area contributed by atoms with Crippen LogP contribution in [0, 0.1) is 20.8 Å². The number of hydrogen-bond donors (Lipinski definition) is 2. The van der Waals surface area contributed by atoms with Gasteiger partial charge in [0.15, 0.2) is 0 Å². The second-order valence-corrected chi connectivity index (χ2v) is 5.36. The Labute approximate surface area is 105 Å². The number of nitrogens with two attached hydrogens (primary N) is 1. The zero-order valence-electron chi connectivity index (χ0n) is 10.6. The number of nitrogens with one attached hydrogen (secondary N) is 1. The third-order valence-electron chi connectivity index (χ3n) is 3.23. The molecule has 0 saturated heterocycles. The minimum absolute atomic E-state index is 0.0231. The Balaban J connectivity index is 2.53. The fourth-order valence-electron chi connectivity index (χ4n) is 2.23. The molecule has 0 saturated carbocycles. The molecular formula is C12H18N4S. The van der Waals surface area contributed by atoms with E-state index in [1.165, 1.54) is 16.0 Å². The quantitative estimate of drug-likeness (QED) is 0.647. The summed E-state index contributed by atoms with van der Waals surface area (Å²) < 4.78 is 1.90. The Hall–Kier alpha value is -1.17. The lowest BCUT2D eigenvalue weighted by Gasteiger charge is -2.17. The fraction of sp³-hybridized carbons (Fsp3) is 0.417. The second kappa shape index (κ2) is 4.60. The Kier molecular flexibility index (Phi) is 3.33. The number of aromatic nitrogens is 2. The highest BCUT2D eigenvalue weighted by Crippen LogP contribution is 2.30. The molecule has 2 aromatic heterocycles. The molecule has 1 unspecified atom stereocenters. The highest BCUT2D eigenvalue weighted by molar-refractivity contribution is 7.10. The molecular weight excluding hydrogens is 232 g/mol. The molecule has 0 aliphatic carbocycles. The topological polar surface area (TPSA) is 55.9 Å². The van der Waals surface area contributed by atoms with Gasteiger partial charge in [0.05, 0.1) is 11.7 Å². The molecule has 17 heavy (non-hydrogen) atoms. The monoisotopic (exact) mass is 250 g/mol. The Morgan fingerprint density at radius 3 is 2.53 bits per heavy atom. The van der Waals surface area contributed by atoms with Gasteiger partial charge in [0.25, 0.3) is 0 Å². The molecule has 2 aromatic rings. The van der Waals surface area contributed by atoms with Gasteiger partial charge in [0, 0.05) is 23.2 Å². The largest absolute Gasteiger partial charge is 0.272 e. The summed E-state index contributed by atoms with van der Waals surface area (Å²) in [5.41, 5.74) is 7.50. The van der Waals surface area contributed by atoms with E-state index in [1.54, 1.807) is 11.3 Å². The van der Waals surface area contributed by atoms with Crippen molar-refractivity contribution < 1.29 is 0 Å². The van der Waals surface area contributed by atoms with E-state index in [1.807, 2.05) is 18.7 Å². The van der Waals surface area contributed by atoms with Gasteiger partial charge in [-0.25, -0.2) is 5.43 Å². The molecule has 2 rings (SSSR count). The summed E-state index contributed by atoms with van der Waals surface area (Å²) in [4.78, 5) is 1.29. The maximum Gasteiger partial charge on any atom is 0.0756 e. The third kappa shape index (κ3) is 2.01. The van der Waals surface area contributed by atoms with Crippen molar-refractivity contribution in [2.45, 2.75) is 26.8 Å². The molecule has 0 bridgehead atoms. The van der Waals surface area contributed by atoms with Gasteiger partial charge in [0.1, 0.15) is 0 Å². The van der Waals surface area contributed by atoms with Crippen molar-refractivity contribution in [1.29, 1.82) is 0 Å². The molecule has 0 aromatic carbocycles. The molecule has 4 nitrogen and oxygen atoms in total. The SMILES string of the molecule is Cc1nn(C)c(C)c1C(NN)c1ccsc1C. The summed E-state index contributed by atoms with van der Waals surface area (Å²) in [6.45, 7) is 6.21. The number of nitrogens with zero attached hydrogens (tertiary/aromatic N) is 2. The number of aryl methyl sites for hydroxylation is 3. The average Bonchev–Trinajstić information content (AvgIpc) is 2.79. The van der Waals surface area contributed by atoms with Gasteiger partial charge in [0.2, 0.25) is 0 Å². The van der Waals surface area contributed by atoms with Gasteiger partial charge >= 0.3 is 0 Å². The minimum Gasteiger partial charge on any atom is -0.272 e. The van der Waals surface area contributed by atoms with E-state index >= 15 is 0 Å². The van der Waals surface area contributed by atoms with E-state index in [0.29, 0.717) is 0 Å². The van der Waals surface area contributed by atoms with Crippen molar-refractivity contribution >= 4 is 11.3 Å². The molecule has 0 spiro atoms. The van der Waals surface area contributed by atoms with Crippen molar-refractivity contribution in [2.24, 2.45) is 12.9 Å². The van der Waals surface area contributed by atoms with E-state index in [4.69, 9.17) is 5.84 Å². The maximum atomic E-state index is 5.73. The Morgan fingerprint density at radius 1 is 1.41 bits per heavy atom. The summed E-state index contributed by atoms with van der Waals surface area (Å²) in [6.07, 6.45) is 0. The number of hydrazine groups is 1. The van der Waals surface area contributed by atoms with Gasteiger partial charge in [-0.3, -0.25) is 10.5 Å². The molecule has 1 atom stereocenters. The second-order valence-electron chi connectivity index (χ2n) is 4.24. The predicted molar refractivity (Wildman–Crippen MR) is 70.9 cm³/mol. The third-order valence-corrected chi connectivity index (χ3v) is 4.09. The molecule has 3 N–H and O–H groups in total. The Morgan fingerprint density at radius 2 is 2.12 bits per heavy atom. The molecule has 92 valence electrons. The summed E-state index contributed by atoms with van der Waals surface area (Å²) in [5.74, 6) is 5.73. The highest BCUT2D eigenvalue weighted by Gasteiger charge is 2.22. The van der Waals surface area contributed by atoms with Crippen LogP contribution in [-0.4, -0.2) is 9.78 Å². The van der Waals surface area contributed by atoms with Crippen LogP contribution in [0.1, 0.15) is 33.4 Å². The first-order chi connectivity index (χ1) is 8.06. The standard InChI is InChI=1S/C12H18N4S/c1-7-11(8(2)16(4)15-7)12(14-13)10-5-6-17-9(10)3/h5-6,12,14H,13H2,1-4H3. The smallest absolute Gasteiger partial charge is 0.0756 e. The van der Waals surface area contributed by atoms with Crippen LogP contribution in [0.25, 0.3) is 0 Å². The minimum atomic E-state index is 0.0231. The van der Waals surface area contributed by atoms with E-state index in [2.05, 4.69) is 35.8 Å². The van der Waals surface area contributed by atoms with Crippen molar-refractivity contribution in [3.63, 3.8) is 0 Å². The maximum absolute atomic E-state index is 5.73. The summed E-state index contributed by atoms with van der Waals surface area (Å²) in [6, 6.07) is 2.14. The van der Waals surface area contributed by atoms with Crippen LogP contribution in [0.4, 0.5) is 0 Å². The van der Waals surface area contributed by atoms with Crippen molar-refractivity contribution in [1.82, 2.24) is 15.2 Å². The van der Waals surface area contributed by atoms with Crippen LogP contribution >= 0.6 is 11.3 Å². The van der Waals surface area contributed by atoms with Crippen LogP contribution in [0.15, 0.2) is 11.4 Å². The fourth-order valence-corrected chi connectivity index (χ4v) is 2.97. The van der Waals surface area contributed by atoms with Gasteiger partial charge < -0.3 is 0 Å². The van der Waals surface area contributed by atoms with Crippen LogP contribution in [0.2, 0.25) is 0 Å². The first-order valence-electron chi connectivity index (χ1n) is 5.56. The van der Waals surface area contributed by atoms with Crippen LogP contribution in [0.3, 0.4) is 0 Å². The van der Waals surface area contributed by atoms with E-state index < -0.39 is 0 Å². The molecule has 0 fully saturated rings. The lowest BCUT2D eigenvalue weighted by Crippen LogP contribution is -2.29. The summed E-state index contributed by atoms with van der Waals surface area (Å²) in [5, 5.41) is 6.54. The Bertz CT molecular complexity index is 527. The van der Waals surface area contributed by atoms with Crippen LogP contribution < -0.4 is 11.3 Å². The predicted octanol–water partition coefficient (Wildman–Crippen LogP) is 1.96. The molecule has 0 amide bonds. The van der Waals surface area contributed by atoms with Gasteiger partial charge in [-0.1, -0.05) is 0 Å². The summed E-state index contributed by atoms with van der Waals surface area (Å²) in [7, 11) is 1.96. The van der Waals surface area contributed by atoms with Crippen LogP contribution in [-0.2, 0) is 7.05 Å². The van der Waals surface area contributed by atoms with Crippen molar-refractivity contribution in [2.75, 3.05) is 0 Å². The van der Waals surface area contributed by atoms with E-state index in [9.17, 15) is 0 Å². The van der Waals surface area contributed by atoms with Crippen molar-refractivity contribution in [3.8, 4) is 0 Å². The average molecular weight is 250 g/mol. The zero-order chi connectivity index (χ0) is 12.6. The van der Waals surface area contributed by atoms with E-state index in [0.717, 1.165) is 11.4 Å². The van der Waals surface area contributed by atoms with Crippen molar-refractivity contribution in [3.05, 3.63) is 38.8 Å². The molecule has 0 radical (unpaired) electrons. The van der Waals surface area contributed by atoms with Gasteiger partial charge in [-0.15, -0.1) is 11.3 Å². The summed E-state index contributed by atoms with van der Waals surface area (Å²) >= 11 is 1.74. The lowest BCUT2D eigenvalue weighted by molar-refractivity contribution is 0.628. The number of hydrogen-bond acceptors (Lipinski definition) is 4. The first kappa shape index (κ1) is 12.3. The van der Waals surface area contributed by atoms with Crippen LogP contribution in [0.5, 0.6) is 0 Å². The van der Waals surface area contributed by atoms with Gasteiger partial charge in [-0.05, 0) is 37.8 Å². The van der Waals surface area contributed by atoms with Gasteiger partial charge in [-0.2, -0.15) is 5.10 Å². The highest BCUT2D eigenvalue weighted by atomic mass is 32.1. The van der Waals surface area contributed by atoms with E-state index in [-0.39, 0.29) is 6.04 Å². The zero-order valence-corrected chi connectivity index (χ0v) is 11.4. The molecule has 5 heteroatoms. The normalized spacial score (nSPS) is 13.0.